The molecule has 2 rings (SSSR count). The summed E-state index contributed by atoms with van der Waals surface area (Å²) in [6, 6.07) is 4.23. The highest BCUT2D eigenvalue weighted by atomic mass is 16.5. The lowest BCUT2D eigenvalue weighted by Crippen LogP contribution is -2.47. The summed E-state index contributed by atoms with van der Waals surface area (Å²) in [4.78, 5) is 2.29. The highest BCUT2D eigenvalue weighted by Crippen LogP contribution is 2.29. The molecule has 18 heavy (non-hydrogen) atoms. The second kappa shape index (κ2) is 5.69. The first-order valence-electron chi connectivity index (χ1n) is 6.49. The van der Waals surface area contributed by atoms with Crippen molar-refractivity contribution in [3.63, 3.8) is 0 Å². The molecule has 3 N–H and O–H groups in total. The van der Waals surface area contributed by atoms with Gasteiger partial charge in [-0.25, -0.2) is 0 Å². The highest BCUT2D eigenvalue weighted by molar-refractivity contribution is 5.43. The van der Waals surface area contributed by atoms with E-state index in [1.807, 2.05) is 0 Å². The number of methoxy groups -OCH3 is 1. The molecule has 4 nitrogen and oxygen atoms in total. The molecule has 0 aliphatic carbocycles. The number of hydrogen-bond donors (Lipinski definition) is 2. The molecule has 1 fully saturated rings. The van der Waals surface area contributed by atoms with Crippen molar-refractivity contribution in [1.29, 1.82) is 0 Å². The number of hydrogen-bond acceptors (Lipinski definition) is 4. The van der Waals surface area contributed by atoms with E-state index in [9.17, 15) is 0 Å². The Bertz CT molecular complexity index is 414. The van der Waals surface area contributed by atoms with Gasteiger partial charge in [0.1, 0.15) is 5.75 Å². The van der Waals surface area contributed by atoms with Crippen LogP contribution in [-0.4, -0.2) is 38.2 Å². The quantitative estimate of drug-likeness (QED) is 0.844. The van der Waals surface area contributed by atoms with E-state index in [0.717, 1.165) is 37.5 Å². The molecule has 1 saturated heterocycles. The predicted molar refractivity (Wildman–Crippen MR) is 73.8 cm³/mol. The van der Waals surface area contributed by atoms with E-state index < -0.39 is 0 Å². The normalized spacial score (nSPS) is 18.7. The van der Waals surface area contributed by atoms with Gasteiger partial charge in [-0.05, 0) is 37.1 Å². The van der Waals surface area contributed by atoms with Gasteiger partial charge < -0.3 is 15.8 Å². The van der Waals surface area contributed by atoms with Crippen LogP contribution in [0.2, 0.25) is 0 Å². The Kier molecular flexibility index (Phi) is 4.22. The minimum Gasteiger partial charge on any atom is -0.496 e. The third kappa shape index (κ3) is 2.66. The van der Waals surface area contributed by atoms with Gasteiger partial charge >= 0.3 is 0 Å². The van der Waals surface area contributed by atoms with Crippen LogP contribution in [0.5, 0.6) is 5.75 Å². The number of aryl methyl sites for hydroxylation is 2. The topological polar surface area (TPSA) is 50.5 Å². The van der Waals surface area contributed by atoms with Crippen molar-refractivity contribution in [2.45, 2.75) is 20.0 Å². The van der Waals surface area contributed by atoms with E-state index in [-0.39, 0.29) is 6.17 Å². The first-order chi connectivity index (χ1) is 8.63. The van der Waals surface area contributed by atoms with E-state index >= 15 is 0 Å². The van der Waals surface area contributed by atoms with Crippen molar-refractivity contribution >= 4 is 0 Å². The number of nitrogens with zero attached hydrogens (tertiary/aromatic N) is 1. The number of nitrogens with one attached hydrogen (secondary N) is 1. The summed E-state index contributed by atoms with van der Waals surface area (Å²) in [6.07, 6.45) is -0.0821. The van der Waals surface area contributed by atoms with Crippen molar-refractivity contribution in [2.24, 2.45) is 5.73 Å². The van der Waals surface area contributed by atoms with Crippen LogP contribution >= 0.6 is 0 Å². The van der Waals surface area contributed by atoms with Gasteiger partial charge in [-0.3, -0.25) is 4.90 Å². The van der Waals surface area contributed by atoms with Crippen LogP contribution < -0.4 is 15.8 Å². The first-order valence-corrected chi connectivity index (χ1v) is 6.49. The summed E-state index contributed by atoms with van der Waals surface area (Å²) in [5.41, 5.74) is 9.97. The van der Waals surface area contributed by atoms with E-state index in [4.69, 9.17) is 10.5 Å². The molecular formula is C14H23N3O. The number of benzene rings is 1. The first kappa shape index (κ1) is 13.3. The van der Waals surface area contributed by atoms with E-state index in [1.165, 1.54) is 11.1 Å². The van der Waals surface area contributed by atoms with Crippen molar-refractivity contribution in [2.75, 3.05) is 33.3 Å². The number of rotatable bonds is 3. The fourth-order valence-corrected chi connectivity index (χ4v) is 2.38. The van der Waals surface area contributed by atoms with Gasteiger partial charge in [0.25, 0.3) is 0 Å². The summed E-state index contributed by atoms with van der Waals surface area (Å²) in [7, 11) is 1.71. The molecular weight excluding hydrogens is 226 g/mol. The molecule has 0 saturated carbocycles. The molecule has 4 heteroatoms. The van der Waals surface area contributed by atoms with Gasteiger partial charge in [0.05, 0.1) is 13.3 Å². The third-order valence-corrected chi connectivity index (χ3v) is 3.71. The summed E-state index contributed by atoms with van der Waals surface area (Å²) in [6.45, 7) is 8.18. The van der Waals surface area contributed by atoms with Gasteiger partial charge in [-0.2, -0.15) is 0 Å². The van der Waals surface area contributed by atoms with E-state index in [0.29, 0.717) is 0 Å². The summed E-state index contributed by atoms with van der Waals surface area (Å²) in [5, 5.41) is 3.34. The Labute approximate surface area is 109 Å². The van der Waals surface area contributed by atoms with E-state index in [1.54, 1.807) is 7.11 Å². The number of nitrogens with two attached hydrogens (primary N) is 1. The van der Waals surface area contributed by atoms with Crippen LogP contribution in [0.15, 0.2) is 12.1 Å². The Balaban J connectivity index is 2.27. The SMILES string of the molecule is COc1cc(C)c(C)cc1C(N)N1CCNCC1. The lowest BCUT2D eigenvalue weighted by atomic mass is 10.0. The van der Waals surface area contributed by atoms with Crippen molar-refractivity contribution in [3.8, 4) is 5.75 Å². The highest BCUT2D eigenvalue weighted by Gasteiger charge is 2.21. The fourth-order valence-electron chi connectivity index (χ4n) is 2.38. The lowest BCUT2D eigenvalue weighted by Gasteiger charge is -2.33. The zero-order valence-corrected chi connectivity index (χ0v) is 11.5. The monoisotopic (exact) mass is 249 g/mol. The maximum Gasteiger partial charge on any atom is 0.125 e. The Morgan fingerprint density at radius 1 is 1.22 bits per heavy atom. The average Bonchev–Trinajstić information content (AvgIpc) is 2.41. The van der Waals surface area contributed by atoms with Crippen LogP contribution in [0, 0.1) is 13.8 Å². The van der Waals surface area contributed by atoms with Crippen LogP contribution in [0.1, 0.15) is 22.9 Å². The van der Waals surface area contributed by atoms with Crippen molar-refractivity contribution < 1.29 is 4.74 Å². The largest absolute Gasteiger partial charge is 0.496 e. The van der Waals surface area contributed by atoms with Gasteiger partial charge in [0.2, 0.25) is 0 Å². The average molecular weight is 249 g/mol. The maximum atomic E-state index is 6.38. The summed E-state index contributed by atoms with van der Waals surface area (Å²) in [5.74, 6) is 0.893. The molecule has 1 aromatic carbocycles. The van der Waals surface area contributed by atoms with Crippen LogP contribution in [0.3, 0.4) is 0 Å². The Hall–Kier alpha value is -1.10. The molecule has 1 atom stereocenters. The maximum absolute atomic E-state index is 6.38. The molecule has 1 aromatic rings. The van der Waals surface area contributed by atoms with Gasteiger partial charge in [-0.15, -0.1) is 0 Å². The van der Waals surface area contributed by atoms with Gasteiger partial charge in [0, 0.05) is 31.7 Å². The fraction of sp³-hybridized carbons (Fsp3) is 0.571. The molecule has 0 bridgehead atoms. The Morgan fingerprint density at radius 2 is 1.83 bits per heavy atom. The molecule has 0 aromatic heterocycles. The molecule has 1 unspecified atom stereocenters. The zero-order valence-electron chi connectivity index (χ0n) is 11.5. The molecule has 0 spiro atoms. The minimum absolute atomic E-state index is 0.0821. The molecule has 100 valence electrons. The van der Waals surface area contributed by atoms with Crippen LogP contribution in [-0.2, 0) is 0 Å². The lowest BCUT2D eigenvalue weighted by molar-refractivity contribution is 0.174. The second-order valence-corrected chi connectivity index (χ2v) is 4.91. The van der Waals surface area contributed by atoms with Crippen LogP contribution in [0.4, 0.5) is 0 Å². The number of piperazine rings is 1. The molecule has 1 heterocycles. The summed E-state index contributed by atoms with van der Waals surface area (Å²) < 4.78 is 5.47. The smallest absolute Gasteiger partial charge is 0.125 e. The molecule has 0 radical (unpaired) electrons. The second-order valence-electron chi connectivity index (χ2n) is 4.91. The van der Waals surface area contributed by atoms with Crippen molar-refractivity contribution in [3.05, 3.63) is 28.8 Å². The predicted octanol–water partition coefficient (Wildman–Crippen LogP) is 1.17. The van der Waals surface area contributed by atoms with Crippen LogP contribution in [0.25, 0.3) is 0 Å². The molecule has 0 amide bonds. The molecule has 1 aliphatic rings. The summed E-state index contributed by atoms with van der Waals surface area (Å²) >= 11 is 0. The van der Waals surface area contributed by atoms with Crippen molar-refractivity contribution in [1.82, 2.24) is 10.2 Å². The standard InChI is InChI=1S/C14H23N3O/c1-10-8-12(13(18-3)9-11(10)2)14(15)17-6-4-16-5-7-17/h8-9,14,16H,4-7,15H2,1-3H3. The van der Waals surface area contributed by atoms with Gasteiger partial charge in [-0.1, -0.05) is 0 Å². The van der Waals surface area contributed by atoms with Gasteiger partial charge in [0.15, 0.2) is 0 Å². The number of ether oxygens (including phenoxy) is 1. The van der Waals surface area contributed by atoms with E-state index in [2.05, 4.69) is 36.2 Å². The third-order valence-electron chi connectivity index (χ3n) is 3.71. The Morgan fingerprint density at radius 3 is 2.44 bits per heavy atom. The molecule has 1 aliphatic heterocycles. The zero-order chi connectivity index (χ0) is 13.1. The minimum atomic E-state index is -0.0821.